The highest BCUT2D eigenvalue weighted by Gasteiger charge is 2.60. The number of rotatable bonds is 5. The lowest BCUT2D eigenvalue weighted by atomic mass is 9.61. The largest absolute Gasteiger partial charge is 0.291 e. The number of halogens is 2. The maximum absolute atomic E-state index is 16.8. The summed E-state index contributed by atoms with van der Waals surface area (Å²) in [6.45, 7) is 1.82. The van der Waals surface area contributed by atoms with E-state index in [1.165, 1.54) is 35.3 Å². The van der Waals surface area contributed by atoms with Gasteiger partial charge in [-0.25, -0.2) is 21.9 Å². The average Bonchev–Trinajstić information content (AvgIpc) is 3.53. The summed E-state index contributed by atoms with van der Waals surface area (Å²) in [5, 5.41) is 5.34. The third-order valence-corrected chi connectivity index (χ3v) is 9.82. The van der Waals surface area contributed by atoms with Crippen LogP contribution in [0, 0.1) is 18.2 Å². The average molecular weight is 550 g/mol. The second kappa shape index (κ2) is 8.77. The van der Waals surface area contributed by atoms with Crippen molar-refractivity contribution in [2.45, 2.75) is 42.6 Å². The van der Waals surface area contributed by atoms with Crippen LogP contribution in [-0.2, 0) is 23.3 Å². The van der Waals surface area contributed by atoms with Crippen molar-refractivity contribution in [1.82, 2.24) is 24.5 Å². The number of aryl methyl sites for hydroxylation is 2. The summed E-state index contributed by atoms with van der Waals surface area (Å²) in [6.07, 6.45) is 5.54. The van der Waals surface area contributed by atoms with Crippen LogP contribution < -0.4 is 0 Å². The van der Waals surface area contributed by atoms with Crippen molar-refractivity contribution in [3.8, 4) is 5.69 Å². The summed E-state index contributed by atoms with van der Waals surface area (Å²) in [4.78, 5) is 18.5. The molecule has 0 N–H and O–H groups in total. The van der Waals surface area contributed by atoms with E-state index in [2.05, 4.69) is 15.2 Å². The zero-order valence-corrected chi connectivity index (χ0v) is 22.1. The summed E-state index contributed by atoms with van der Waals surface area (Å²) >= 11 is 0. The molecule has 0 amide bonds. The minimum atomic E-state index is -4.53. The molecule has 6 rings (SSSR count). The molecule has 8 nitrogen and oxygen atoms in total. The molecule has 39 heavy (non-hydrogen) atoms. The molecule has 0 spiro atoms. The van der Waals surface area contributed by atoms with E-state index in [-0.39, 0.29) is 35.8 Å². The van der Waals surface area contributed by atoms with Crippen molar-refractivity contribution in [2.75, 3.05) is 0 Å². The Morgan fingerprint density at radius 3 is 2.59 bits per heavy atom. The van der Waals surface area contributed by atoms with Crippen LogP contribution in [0.5, 0.6) is 0 Å². The van der Waals surface area contributed by atoms with Crippen LogP contribution in [0.25, 0.3) is 11.8 Å². The minimum absolute atomic E-state index is 0.0359. The molecule has 4 aromatic rings. The number of alkyl halides is 1. The van der Waals surface area contributed by atoms with Crippen LogP contribution in [0.15, 0.2) is 71.7 Å². The number of sulfone groups is 1. The SMILES string of the molecule is Cc1ccnc(C(=O)[C@]23Cc4cnn(-c5ccc(F)cc5)c4C=C2CC[C@](F)(S(=O)(=O)c2ccn(C)n2)C3)c1. The molecular formula is C28H25F2N5O3S. The Bertz CT molecular complexity index is 1760. The molecule has 1 aromatic carbocycles. The lowest BCUT2D eigenvalue weighted by Crippen LogP contribution is -2.50. The van der Waals surface area contributed by atoms with Gasteiger partial charge in [0.15, 0.2) is 10.8 Å². The third-order valence-electron chi connectivity index (χ3n) is 7.74. The first-order chi connectivity index (χ1) is 18.5. The lowest BCUT2D eigenvalue weighted by Gasteiger charge is -2.45. The van der Waals surface area contributed by atoms with Gasteiger partial charge in [0.1, 0.15) is 11.5 Å². The number of pyridine rings is 1. The first-order valence-electron chi connectivity index (χ1n) is 12.5. The fourth-order valence-corrected chi connectivity index (χ4v) is 7.38. The summed E-state index contributed by atoms with van der Waals surface area (Å²) in [5.41, 5.74) is 2.06. The van der Waals surface area contributed by atoms with E-state index in [0.29, 0.717) is 22.5 Å². The molecule has 200 valence electrons. The molecule has 2 aliphatic rings. The number of fused-ring (bicyclic) bond motifs is 2. The second-order valence-corrected chi connectivity index (χ2v) is 12.5. The molecule has 0 unspecified atom stereocenters. The quantitative estimate of drug-likeness (QED) is 0.338. The fourth-order valence-electron chi connectivity index (χ4n) is 5.73. The molecule has 3 heterocycles. The van der Waals surface area contributed by atoms with Gasteiger partial charge in [0.25, 0.3) is 0 Å². The van der Waals surface area contributed by atoms with Gasteiger partial charge in [-0.05, 0) is 79.4 Å². The Labute approximate surface area is 223 Å². The fraction of sp³-hybridized carbons (Fsp3) is 0.286. The van der Waals surface area contributed by atoms with E-state index in [9.17, 15) is 17.6 Å². The summed E-state index contributed by atoms with van der Waals surface area (Å²) in [5.74, 6) is -0.815. The molecule has 0 radical (unpaired) electrons. The van der Waals surface area contributed by atoms with E-state index < -0.39 is 32.5 Å². The zero-order chi connectivity index (χ0) is 27.6. The van der Waals surface area contributed by atoms with Gasteiger partial charge < -0.3 is 0 Å². The number of hydrogen-bond donors (Lipinski definition) is 0. The Morgan fingerprint density at radius 1 is 1.13 bits per heavy atom. The molecule has 0 saturated heterocycles. The first kappa shape index (κ1) is 25.3. The van der Waals surface area contributed by atoms with Gasteiger partial charge in [0.2, 0.25) is 14.8 Å². The topological polar surface area (TPSA) is 99.7 Å². The molecule has 11 heteroatoms. The van der Waals surface area contributed by atoms with Crippen molar-refractivity contribution in [1.29, 1.82) is 0 Å². The highest BCUT2D eigenvalue weighted by molar-refractivity contribution is 7.92. The van der Waals surface area contributed by atoms with Crippen LogP contribution in [0.2, 0.25) is 0 Å². The maximum Gasteiger partial charge on any atom is 0.232 e. The van der Waals surface area contributed by atoms with Gasteiger partial charge in [-0.1, -0.05) is 5.57 Å². The van der Waals surface area contributed by atoms with Crippen molar-refractivity contribution in [3.63, 3.8) is 0 Å². The van der Waals surface area contributed by atoms with Crippen LogP contribution in [0.4, 0.5) is 8.78 Å². The molecule has 0 bridgehead atoms. The number of carbonyl (C=O) groups is 1. The summed E-state index contributed by atoms with van der Waals surface area (Å²) < 4.78 is 60.4. The first-order valence-corrected chi connectivity index (χ1v) is 14.0. The van der Waals surface area contributed by atoms with Crippen LogP contribution in [0.3, 0.4) is 0 Å². The number of allylic oxidation sites excluding steroid dienone is 1. The zero-order valence-electron chi connectivity index (χ0n) is 21.3. The molecule has 0 aliphatic heterocycles. The number of benzene rings is 1. The van der Waals surface area contributed by atoms with E-state index >= 15 is 4.39 Å². The molecular weight excluding hydrogens is 524 g/mol. The summed E-state index contributed by atoms with van der Waals surface area (Å²) in [7, 11) is -2.97. The van der Waals surface area contributed by atoms with Gasteiger partial charge in [-0.15, -0.1) is 0 Å². The van der Waals surface area contributed by atoms with Gasteiger partial charge in [0, 0.05) is 32.3 Å². The minimum Gasteiger partial charge on any atom is -0.291 e. The lowest BCUT2D eigenvalue weighted by molar-refractivity contribution is 0.0667. The number of ketones is 1. The highest BCUT2D eigenvalue weighted by atomic mass is 32.2. The van der Waals surface area contributed by atoms with Gasteiger partial charge in [-0.2, -0.15) is 10.2 Å². The highest BCUT2D eigenvalue weighted by Crippen LogP contribution is 2.56. The number of aromatic nitrogens is 5. The predicted octanol–water partition coefficient (Wildman–Crippen LogP) is 4.58. The molecule has 1 fully saturated rings. The smallest absolute Gasteiger partial charge is 0.232 e. The van der Waals surface area contributed by atoms with Crippen molar-refractivity contribution >= 4 is 21.7 Å². The van der Waals surface area contributed by atoms with Crippen molar-refractivity contribution in [3.05, 3.63) is 95.0 Å². The number of carbonyl (C=O) groups excluding carboxylic acids is 1. The standard InChI is InChI=1S/C28H25F2N5O3S/c1-18-8-11-31-23(13-18)26(36)27-15-19-16-32-35(22-5-3-21(29)4-6-22)24(19)14-20(27)7-10-28(30,17-27)39(37,38)25-9-12-34(2)33-25/h3-6,8-9,11-14,16H,7,10,15,17H2,1-2H3/t27-,28-/m0/s1. The third kappa shape index (κ3) is 3.94. The van der Waals surface area contributed by atoms with Gasteiger partial charge >= 0.3 is 0 Å². The second-order valence-electron chi connectivity index (χ2n) is 10.3. The summed E-state index contributed by atoms with van der Waals surface area (Å²) in [6, 6.07) is 10.5. The number of nitrogens with zero attached hydrogens (tertiary/aromatic N) is 5. The molecule has 3 aromatic heterocycles. The molecule has 2 aliphatic carbocycles. The molecule has 1 saturated carbocycles. The normalized spacial score (nSPS) is 22.6. The number of hydrogen-bond acceptors (Lipinski definition) is 6. The van der Waals surface area contributed by atoms with E-state index in [0.717, 1.165) is 5.56 Å². The monoisotopic (exact) mass is 549 g/mol. The van der Waals surface area contributed by atoms with Crippen LogP contribution in [0.1, 0.15) is 46.6 Å². The Hall–Kier alpha value is -3.99. The number of Topliss-reactive ketones (excluding diaryl/α,β-unsaturated/α-hetero) is 1. The van der Waals surface area contributed by atoms with Gasteiger partial charge in [0.05, 0.1) is 23.0 Å². The van der Waals surface area contributed by atoms with E-state index in [4.69, 9.17) is 0 Å². The molecule has 2 atom stereocenters. The van der Waals surface area contributed by atoms with Crippen LogP contribution in [-0.4, -0.2) is 43.7 Å². The van der Waals surface area contributed by atoms with Gasteiger partial charge in [-0.3, -0.25) is 14.5 Å². The Morgan fingerprint density at radius 2 is 1.90 bits per heavy atom. The van der Waals surface area contributed by atoms with Crippen LogP contribution >= 0.6 is 0 Å². The maximum atomic E-state index is 16.8. The Balaban J connectivity index is 1.49. The van der Waals surface area contributed by atoms with Crippen molar-refractivity contribution in [2.24, 2.45) is 12.5 Å². The Kier molecular flexibility index (Phi) is 5.69. The van der Waals surface area contributed by atoms with E-state index in [1.807, 2.05) is 6.92 Å². The predicted molar refractivity (Wildman–Crippen MR) is 139 cm³/mol. The van der Waals surface area contributed by atoms with E-state index in [1.54, 1.807) is 48.3 Å². The van der Waals surface area contributed by atoms with Crippen molar-refractivity contribution < 1.29 is 22.0 Å².